The van der Waals surface area contributed by atoms with E-state index in [0.29, 0.717) is 6.42 Å². The summed E-state index contributed by atoms with van der Waals surface area (Å²) in [4.78, 5) is 46.1. The molecule has 8 nitrogen and oxygen atoms in total. The van der Waals surface area contributed by atoms with Gasteiger partial charge in [0.2, 0.25) is 23.6 Å². The van der Waals surface area contributed by atoms with Crippen LogP contribution in [0.25, 0.3) is 0 Å². The highest BCUT2D eigenvalue weighted by molar-refractivity contribution is 5.92. The van der Waals surface area contributed by atoms with Gasteiger partial charge in [0.25, 0.3) is 0 Å². The second kappa shape index (κ2) is 9.75. The molecule has 126 valence electrons. The van der Waals surface area contributed by atoms with Crippen LogP contribution in [0.15, 0.2) is 0 Å². The van der Waals surface area contributed by atoms with Crippen molar-refractivity contribution in [2.24, 2.45) is 11.7 Å². The van der Waals surface area contributed by atoms with Gasteiger partial charge in [0.1, 0.15) is 12.1 Å². The minimum Gasteiger partial charge on any atom is -0.370 e. The number of nitrogens with one attached hydrogen (secondary N) is 3. The highest BCUT2D eigenvalue weighted by Crippen LogP contribution is 2.06. The fourth-order valence-electron chi connectivity index (χ4n) is 1.95. The number of carbonyl (C=O) groups is 4. The summed E-state index contributed by atoms with van der Waals surface area (Å²) in [6.07, 6.45) is 0.532. The highest BCUT2D eigenvalue weighted by Gasteiger charge is 2.26. The van der Waals surface area contributed by atoms with Crippen molar-refractivity contribution in [1.29, 1.82) is 0 Å². The maximum atomic E-state index is 12.3. The van der Waals surface area contributed by atoms with Gasteiger partial charge in [-0.05, 0) is 18.8 Å². The number of nitrogens with two attached hydrogens (primary N) is 1. The van der Waals surface area contributed by atoms with Crippen molar-refractivity contribution in [1.82, 2.24) is 16.0 Å². The average Bonchev–Trinajstić information content (AvgIpc) is 2.40. The number of likely N-dealkylation sites (N-methyl/N-ethyl adjacent to an activating group) is 1. The first-order chi connectivity index (χ1) is 10.2. The van der Waals surface area contributed by atoms with Crippen LogP contribution in [0.4, 0.5) is 0 Å². The van der Waals surface area contributed by atoms with Crippen molar-refractivity contribution < 1.29 is 19.2 Å². The molecular formula is C14H26N4O4. The highest BCUT2D eigenvalue weighted by atomic mass is 16.2. The summed E-state index contributed by atoms with van der Waals surface area (Å²) < 4.78 is 0. The van der Waals surface area contributed by atoms with Crippen LogP contribution < -0.4 is 21.7 Å². The minimum atomic E-state index is -0.867. The zero-order valence-electron chi connectivity index (χ0n) is 13.6. The standard InChI is InChI=1S/C14H26N4O4/c1-8(2)7-11(17-9(3)19)14(22)18-10(13(21)16-4)5-6-12(15)20/h8,10-11H,5-7H2,1-4H3,(H2,15,20)(H,16,21)(H,17,19)(H,18,22)/t10-,11-/m0/s1. The van der Waals surface area contributed by atoms with E-state index in [2.05, 4.69) is 16.0 Å². The Morgan fingerprint density at radius 3 is 2.00 bits per heavy atom. The number of amides is 4. The van der Waals surface area contributed by atoms with Crippen LogP contribution >= 0.6 is 0 Å². The number of rotatable bonds is 9. The Morgan fingerprint density at radius 2 is 1.59 bits per heavy atom. The SMILES string of the molecule is CNC(=O)[C@H](CCC(N)=O)NC(=O)[C@H](CC(C)C)NC(C)=O. The molecule has 0 saturated carbocycles. The number of primary amides is 1. The fourth-order valence-corrected chi connectivity index (χ4v) is 1.95. The molecule has 4 amide bonds. The van der Waals surface area contributed by atoms with Gasteiger partial charge >= 0.3 is 0 Å². The Labute approximate surface area is 130 Å². The summed E-state index contributed by atoms with van der Waals surface area (Å²) in [6.45, 7) is 5.17. The zero-order valence-corrected chi connectivity index (χ0v) is 13.6. The Hall–Kier alpha value is -2.12. The lowest BCUT2D eigenvalue weighted by molar-refractivity contribution is -0.132. The van der Waals surface area contributed by atoms with Crippen LogP contribution in [0.3, 0.4) is 0 Å². The van der Waals surface area contributed by atoms with Gasteiger partial charge in [-0.25, -0.2) is 0 Å². The second-order valence-electron chi connectivity index (χ2n) is 5.56. The van der Waals surface area contributed by atoms with Gasteiger partial charge in [0.05, 0.1) is 0 Å². The van der Waals surface area contributed by atoms with Crippen LogP contribution in [0.1, 0.15) is 40.0 Å². The van der Waals surface area contributed by atoms with Crippen LogP contribution in [0.5, 0.6) is 0 Å². The molecule has 0 rings (SSSR count). The lowest BCUT2D eigenvalue weighted by Crippen LogP contribution is -2.53. The number of hydrogen-bond donors (Lipinski definition) is 4. The molecule has 0 aliphatic heterocycles. The first kappa shape index (κ1) is 19.9. The molecule has 5 N–H and O–H groups in total. The third-order valence-corrected chi connectivity index (χ3v) is 2.96. The van der Waals surface area contributed by atoms with Gasteiger partial charge < -0.3 is 21.7 Å². The summed E-state index contributed by atoms with van der Waals surface area (Å²) in [5.41, 5.74) is 5.06. The summed E-state index contributed by atoms with van der Waals surface area (Å²) >= 11 is 0. The largest absolute Gasteiger partial charge is 0.370 e. The monoisotopic (exact) mass is 314 g/mol. The lowest BCUT2D eigenvalue weighted by atomic mass is 10.0. The van der Waals surface area contributed by atoms with Crippen molar-refractivity contribution in [2.45, 2.75) is 52.1 Å². The predicted octanol–water partition coefficient (Wildman–Crippen LogP) is -0.966. The van der Waals surface area contributed by atoms with Gasteiger partial charge in [-0.3, -0.25) is 19.2 Å². The van der Waals surface area contributed by atoms with E-state index in [1.165, 1.54) is 14.0 Å². The topological polar surface area (TPSA) is 130 Å². The molecule has 2 atom stereocenters. The van der Waals surface area contributed by atoms with E-state index >= 15 is 0 Å². The lowest BCUT2D eigenvalue weighted by Gasteiger charge is -2.23. The third-order valence-electron chi connectivity index (χ3n) is 2.96. The molecule has 0 unspecified atom stereocenters. The summed E-state index contributed by atoms with van der Waals surface area (Å²) in [5.74, 6) is -1.56. The second-order valence-corrected chi connectivity index (χ2v) is 5.56. The predicted molar refractivity (Wildman–Crippen MR) is 81.5 cm³/mol. The third kappa shape index (κ3) is 8.23. The average molecular weight is 314 g/mol. The molecule has 0 radical (unpaired) electrons. The fraction of sp³-hybridized carbons (Fsp3) is 0.714. The molecule has 0 aromatic rings. The van der Waals surface area contributed by atoms with Crippen LogP contribution in [-0.2, 0) is 19.2 Å². The molecule has 22 heavy (non-hydrogen) atoms. The van der Waals surface area contributed by atoms with Crippen LogP contribution in [-0.4, -0.2) is 42.8 Å². The van der Waals surface area contributed by atoms with Gasteiger partial charge in [-0.1, -0.05) is 13.8 Å². The maximum Gasteiger partial charge on any atom is 0.243 e. The molecular weight excluding hydrogens is 288 g/mol. The van der Waals surface area contributed by atoms with Crippen LogP contribution in [0.2, 0.25) is 0 Å². The van der Waals surface area contributed by atoms with Gasteiger partial charge in [-0.15, -0.1) is 0 Å². The first-order valence-electron chi connectivity index (χ1n) is 7.24. The first-order valence-corrected chi connectivity index (χ1v) is 7.24. The Morgan fingerprint density at radius 1 is 1.00 bits per heavy atom. The molecule has 0 saturated heterocycles. The molecule has 0 aromatic heterocycles. The molecule has 0 heterocycles. The van der Waals surface area contributed by atoms with E-state index in [9.17, 15) is 19.2 Å². The molecule has 0 bridgehead atoms. The molecule has 0 aliphatic rings. The maximum absolute atomic E-state index is 12.3. The van der Waals surface area contributed by atoms with Crippen molar-refractivity contribution >= 4 is 23.6 Å². The molecule has 0 spiro atoms. The van der Waals surface area contributed by atoms with E-state index in [1.54, 1.807) is 0 Å². The van der Waals surface area contributed by atoms with E-state index in [1.807, 2.05) is 13.8 Å². The summed E-state index contributed by atoms with van der Waals surface area (Å²) in [5, 5.41) is 7.55. The van der Waals surface area contributed by atoms with E-state index in [4.69, 9.17) is 5.73 Å². The molecule has 8 heteroatoms. The normalized spacial score (nSPS) is 13.1. The minimum absolute atomic E-state index is 0.0205. The van der Waals surface area contributed by atoms with Crippen molar-refractivity contribution in [3.63, 3.8) is 0 Å². The Kier molecular flexibility index (Phi) is 8.81. The van der Waals surface area contributed by atoms with Gasteiger partial charge in [0.15, 0.2) is 0 Å². The van der Waals surface area contributed by atoms with Crippen molar-refractivity contribution in [3.8, 4) is 0 Å². The van der Waals surface area contributed by atoms with E-state index in [0.717, 1.165) is 0 Å². The van der Waals surface area contributed by atoms with Gasteiger partial charge in [0, 0.05) is 20.4 Å². The summed E-state index contributed by atoms with van der Waals surface area (Å²) in [7, 11) is 1.44. The quantitative estimate of drug-likeness (QED) is 0.436. The molecule has 0 aromatic carbocycles. The van der Waals surface area contributed by atoms with Crippen molar-refractivity contribution in [2.75, 3.05) is 7.05 Å². The van der Waals surface area contributed by atoms with E-state index < -0.39 is 29.8 Å². The smallest absolute Gasteiger partial charge is 0.243 e. The Bertz CT molecular complexity index is 423. The van der Waals surface area contributed by atoms with Gasteiger partial charge in [-0.2, -0.15) is 0 Å². The molecule has 0 aliphatic carbocycles. The van der Waals surface area contributed by atoms with Crippen LogP contribution in [0, 0.1) is 5.92 Å². The number of carbonyl (C=O) groups excluding carboxylic acids is 4. The number of hydrogen-bond acceptors (Lipinski definition) is 4. The zero-order chi connectivity index (χ0) is 17.3. The van der Waals surface area contributed by atoms with E-state index in [-0.39, 0.29) is 24.7 Å². The Balaban J connectivity index is 4.88. The van der Waals surface area contributed by atoms with Crippen molar-refractivity contribution in [3.05, 3.63) is 0 Å². The molecule has 0 fully saturated rings. The summed E-state index contributed by atoms with van der Waals surface area (Å²) in [6, 6.07) is -1.59.